The number of halogens is 1. The first-order valence-corrected chi connectivity index (χ1v) is 16.7. The average Bonchev–Trinajstić information content (AvgIpc) is 3.06. The molecule has 0 bridgehead atoms. The number of aryl methyl sites for hydroxylation is 1. The molecule has 4 aromatic carbocycles. The monoisotopic (exact) mass is 645 g/mol. The lowest BCUT2D eigenvalue weighted by Crippen LogP contribution is -2.53. The molecule has 0 radical (unpaired) electrons. The van der Waals surface area contributed by atoms with Gasteiger partial charge in [0.25, 0.3) is 10.0 Å². The molecule has 8 nitrogen and oxygen atoms in total. The summed E-state index contributed by atoms with van der Waals surface area (Å²) in [7, 11) is -2.84. The smallest absolute Gasteiger partial charge is 0.264 e. The summed E-state index contributed by atoms with van der Waals surface area (Å²) in [5, 5.41) is 2.98. The maximum Gasteiger partial charge on any atom is 0.264 e. The Labute approximate surface area is 270 Å². The van der Waals surface area contributed by atoms with Gasteiger partial charge >= 0.3 is 0 Å². The highest BCUT2D eigenvalue weighted by Crippen LogP contribution is 2.26. The number of amides is 2. The fourth-order valence-corrected chi connectivity index (χ4v) is 6.49. The second kappa shape index (κ2) is 16.0. The Balaban J connectivity index is 1.78. The molecular formula is C36H40FN3O5S. The lowest BCUT2D eigenvalue weighted by Gasteiger charge is -2.34. The molecule has 0 fully saturated rings. The maximum absolute atomic E-state index is 14.5. The number of anilines is 1. The van der Waals surface area contributed by atoms with E-state index in [2.05, 4.69) is 5.32 Å². The zero-order chi connectivity index (χ0) is 33.1. The Bertz CT molecular complexity index is 1700. The highest BCUT2D eigenvalue weighted by molar-refractivity contribution is 7.92. The topological polar surface area (TPSA) is 96.0 Å². The van der Waals surface area contributed by atoms with Crippen molar-refractivity contribution in [2.45, 2.75) is 50.6 Å². The predicted octanol–water partition coefficient (Wildman–Crippen LogP) is 5.89. The Kier molecular flexibility index (Phi) is 11.9. The number of nitrogens with zero attached hydrogens (tertiary/aromatic N) is 2. The van der Waals surface area contributed by atoms with E-state index >= 15 is 0 Å². The molecule has 242 valence electrons. The van der Waals surface area contributed by atoms with Crippen LogP contribution < -0.4 is 14.4 Å². The number of ether oxygens (including phenoxy) is 1. The molecule has 4 aromatic rings. The molecule has 0 heterocycles. The SMILES string of the molecule is CCCCNC(=O)[C@H](Cc1ccccc1)N(Cc1cccc(C)c1)C(=O)CN(c1ccc(F)cc1)S(=O)(=O)c1ccc(OC)cc1. The molecule has 2 amide bonds. The molecule has 0 saturated carbocycles. The highest BCUT2D eigenvalue weighted by atomic mass is 32.2. The Morgan fingerprint density at radius 2 is 1.57 bits per heavy atom. The van der Waals surface area contributed by atoms with Crippen LogP contribution in [0, 0.1) is 12.7 Å². The van der Waals surface area contributed by atoms with Crippen LogP contribution in [-0.2, 0) is 32.6 Å². The van der Waals surface area contributed by atoms with Gasteiger partial charge in [-0.2, -0.15) is 0 Å². The predicted molar refractivity (Wildman–Crippen MR) is 178 cm³/mol. The number of methoxy groups -OCH3 is 1. The molecular weight excluding hydrogens is 605 g/mol. The number of hydrogen-bond acceptors (Lipinski definition) is 5. The van der Waals surface area contributed by atoms with Gasteiger partial charge in [-0.1, -0.05) is 73.5 Å². The van der Waals surface area contributed by atoms with Crippen molar-refractivity contribution in [1.82, 2.24) is 10.2 Å². The molecule has 1 atom stereocenters. The second-order valence-electron chi connectivity index (χ2n) is 11.0. The fourth-order valence-electron chi connectivity index (χ4n) is 5.08. The fraction of sp³-hybridized carbons (Fsp3) is 0.278. The van der Waals surface area contributed by atoms with Crippen molar-refractivity contribution < 1.29 is 27.1 Å². The van der Waals surface area contributed by atoms with Crippen LogP contribution in [0.2, 0.25) is 0 Å². The third-order valence-electron chi connectivity index (χ3n) is 7.58. The van der Waals surface area contributed by atoms with Crippen molar-refractivity contribution >= 4 is 27.5 Å². The first kappa shape index (κ1) is 34.2. The minimum Gasteiger partial charge on any atom is -0.497 e. The van der Waals surface area contributed by atoms with Gasteiger partial charge < -0.3 is 15.0 Å². The zero-order valence-electron chi connectivity index (χ0n) is 26.4. The van der Waals surface area contributed by atoms with E-state index in [9.17, 15) is 22.4 Å². The van der Waals surface area contributed by atoms with Crippen molar-refractivity contribution in [3.05, 3.63) is 126 Å². The number of sulfonamides is 1. The van der Waals surface area contributed by atoms with Crippen molar-refractivity contribution in [2.24, 2.45) is 0 Å². The lowest BCUT2D eigenvalue weighted by atomic mass is 10.0. The highest BCUT2D eigenvalue weighted by Gasteiger charge is 2.34. The van der Waals surface area contributed by atoms with Gasteiger partial charge in [0, 0.05) is 19.5 Å². The van der Waals surface area contributed by atoms with E-state index in [4.69, 9.17) is 4.74 Å². The van der Waals surface area contributed by atoms with Gasteiger partial charge in [-0.25, -0.2) is 12.8 Å². The number of rotatable bonds is 15. The molecule has 0 aromatic heterocycles. The summed E-state index contributed by atoms with van der Waals surface area (Å²) in [5.41, 5.74) is 2.72. The molecule has 0 saturated heterocycles. The number of hydrogen-bond donors (Lipinski definition) is 1. The van der Waals surface area contributed by atoms with Crippen LogP contribution >= 0.6 is 0 Å². The zero-order valence-corrected chi connectivity index (χ0v) is 27.2. The first-order chi connectivity index (χ1) is 22.1. The standard InChI is InChI=1S/C36H40FN3O5S/c1-4-5-22-38-36(42)34(24-28-11-7-6-8-12-28)39(25-29-13-9-10-27(2)23-29)35(41)26-40(31-16-14-30(37)15-17-31)46(43,44)33-20-18-32(45-3)19-21-33/h6-21,23,34H,4-5,22,24-26H2,1-3H3,(H,38,42)/t34-/m0/s1. The maximum atomic E-state index is 14.5. The molecule has 1 N–H and O–H groups in total. The molecule has 4 rings (SSSR count). The molecule has 0 unspecified atom stereocenters. The largest absolute Gasteiger partial charge is 0.497 e. The summed E-state index contributed by atoms with van der Waals surface area (Å²) in [6.45, 7) is 3.85. The molecule has 0 spiro atoms. The van der Waals surface area contributed by atoms with Crippen LogP contribution in [-0.4, -0.2) is 51.4 Å². The third-order valence-corrected chi connectivity index (χ3v) is 9.37. The van der Waals surface area contributed by atoms with Gasteiger partial charge in [0.1, 0.15) is 24.2 Å². The van der Waals surface area contributed by atoms with Crippen LogP contribution in [0.5, 0.6) is 5.75 Å². The van der Waals surface area contributed by atoms with Crippen LogP contribution in [0.3, 0.4) is 0 Å². The molecule has 0 aliphatic heterocycles. The van der Waals surface area contributed by atoms with Gasteiger partial charge in [-0.15, -0.1) is 0 Å². The van der Waals surface area contributed by atoms with Crippen LogP contribution in [0.1, 0.15) is 36.5 Å². The van der Waals surface area contributed by atoms with E-state index in [1.165, 1.54) is 48.4 Å². The van der Waals surface area contributed by atoms with Gasteiger partial charge in [0.05, 0.1) is 17.7 Å². The summed E-state index contributed by atoms with van der Waals surface area (Å²) in [6.07, 6.45) is 1.87. The van der Waals surface area contributed by atoms with Crippen molar-refractivity contribution in [2.75, 3.05) is 24.5 Å². The van der Waals surface area contributed by atoms with Crippen molar-refractivity contribution in [1.29, 1.82) is 0 Å². The molecule has 0 aliphatic carbocycles. The first-order valence-electron chi connectivity index (χ1n) is 15.2. The minimum absolute atomic E-state index is 0.0685. The Morgan fingerprint density at radius 1 is 0.891 bits per heavy atom. The summed E-state index contributed by atoms with van der Waals surface area (Å²) in [6, 6.07) is 26.8. The van der Waals surface area contributed by atoms with Gasteiger partial charge in [-0.05, 0) is 73.0 Å². The third kappa shape index (κ3) is 8.94. The molecule has 0 aliphatic rings. The molecule has 10 heteroatoms. The number of carbonyl (C=O) groups excluding carboxylic acids is 2. The van der Waals surface area contributed by atoms with Crippen molar-refractivity contribution in [3.8, 4) is 5.75 Å². The molecule has 46 heavy (non-hydrogen) atoms. The van der Waals surface area contributed by atoms with Gasteiger partial charge in [0.15, 0.2) is 0 Å². The second-order valence-corrected chi connectivity index (χ2v) is 12.9. The summed E-state index contributed by atoms with van der Waals surface area (Å²) in [5.74, 6) is -1.01. The van der Waals surface area contributed by atoms with E-state index in [1.807, 2.05) is 68.4 Å². The number of nitrogens with one attached hydrogen (secondary N) is 1. The van der Waals surface area contributed by atoms with E-state index in [0.29, 0.717) is 12.3 Å². The van der Waals surface area contributed by atoms with Gasteiger partial charge in [-0.3, -0.25) is 13.9 Å². The van der Waals surface area contributed by atoms with E-state index in [1.54, 1.807) is 0 Å². The summed E-state index contributed by atoms with van der Waals surface area (Å²) in [4.78, 5) is 29.7. The van der Waals surface area contributed by atoms with E-state index in [-0.39, 0.29) is 29.5 Å². The van der Waals surface area contributed by atoms with Crippen LogP contribution in [0.4, 0.5) is 10.1 Å². The Hall–Kier alpha value is -4.70. The summed E-state index contributed by atoms with van der Waals surface area (Å²) < 4.78 is 48.3. The summed E-state index contributed by atoms with van der Waals surface area (Å²) >= 11 is 0. The van der Waals surface area contributed by atoms with Crippen LogP contribution in [0.25, 0.3) is 0 Å². The number of carbonyl (C=O) groups is 2. The van der Waals surface area contributed by atoms with Gasteiger partial charge in [0.2, 0.25) is 11.8 Å². The van der Waals surface area contributed by atoms with Crippen molar-refractivity contribution in [3.63, 3.8) is 0 Å². The Morgan fingerprint density at radius 3 is 2.20 bits per heavy atom. The quantitative estimate of drug-likeness (QED) is 0.163. The number of unbranched alkanes of at least 4 members (excludes halogenated alkanes) is 1. The van der Waals surface area contributed by atoms with E-state index in [0.717, 1.165) is 46.0 Å². The average molecular weight is 646 g/mol. The normalized spacial score (nSPS) is 11.8. The minimum atomic E-state index is -4.32. The van der Waals surface area contributed by atoms with Crippen LogP contribution in [0.15, 0.2) is 108 Å². The number of benzene rings is 4. The van der Waals surface area contributed by atoms with E-state index < -0.39 is 34.3 Å². The lowest BCUT2D eigenvalue weighted by molar-refractivity contribution is -0.140.